The predicted octanol–water partition coefficient (Wildman–Crippen LogP) is 2.45. The summed E-state index contributed by atoms with van der Waals surface area (Å²) < 4.78 is 0. The lowest BCUT2D eigenvalue weighted by Crippen LogP contribution is -2.45. The lowest BCUT2D eigenvalue weighted by atomic mass is 10.2. The van der Waals surface area contributed by atoms with Crippen LogP contribution in [0.4, 0.5) is 4.79 Å². The maximum Gasteiger partial charge on any atom is 0.317 e. The summed E-state index contributed by atoms with van der Waals surface area (Å²) in [5, 5.41) is 13.6. The fourth-order valence-corrected chi connectivity index (χ4v) is 2.71. The maximum atomic E-state index is 12.0. The fraction of sp³-hybridized carbons (Fsp3) is 0.538. The van der Waals surface area contributed by atoms with Crippen molar-refractivity contribution in [1.82, 2.24) is 10.2 Å². The lowest BCUT2D eigenvalue weighted by molar-refractivity contribution is -0.138. The molecule has 1 aromatic rings. The van der Waals surface area contributed by atoms with Gasteiger partial charge in [-0.1, -0.05) is 0 Å². The number of carbonyl (C=O) groups excluding carboxylic acids is 1. The standard InChI is InChI=1S/C13H20N2O3S/c1-4-15(10(3)7-12(16)17)13(18)14-8-11-9(2)5-6-19-11/h5-6,10H,4,7-8H2,1-3H3,(H,14,18)(H,16,17). The molecule has 1 atom stereocenters. The zero-order chi connectivity index (χ0) is 14.4. The monoisotopic (exact) mass is 284 g/mol. The first-order chi connectivity index (χ1) is 8.95. The molecule has 2 amide bonds. The molecule has 0 bridgehead atoms. The van der Waals surface area contributed by atoms with Gasteiger partial charge in [-0.25, -0.2) is 4.79 Å². The molecule has 1 unspecified atom stereocenters. The highest BCUT2D eigenvalue weighted by molar-refractivity contribution is 7.10. The first kappa shape index (κ1) is 15.5. The zero-order valence-corrected chi connectivity index (χ0v) is 12.3. The van der Waals surface area contributed by atoms with Crippen LogP contribution >= 0.6 is 11.3 Å². The third kappa shape index (κ3) is 4.55. The molecule has 0 aliphatic rings. The van der Waals surface area contributed by atoms with Gasteiger partial charge in [-0.05, 0) is 37.8 Å². The summed E-state index contributed by atoms with van der Waals surface area (Å²) in [5.41, 5.74) is 1.16. The van der Waals surface area contributed by atoms with E-state index >= 15 is 0 Å². The zero-order valence-electron chi connectivity index (χ0n) is 11.5. The summed E-state index contributed by atoms with van der Waals surface area (Å²) in [6.07, 6.45) is -0.0424. The van der Waals surface area contributed by atoms with Gasteiger partial charge in [-0.15, -0.1) is 11.3 Å². The third-order valence-corrected chi connectivity index (χ3v) is 3.99. The van der Waals surface area contributed by atoms with Crippen LogP contribution in [0.2, 0.25) is 0 Å². The van der Waals surface area contributed by atoms with Gasteiger partial charge in [0.05, 0.1) is 13.0 Å². The van der Waals surface area contributed by atoms with Gasteiger partial charge in [0.2, 0.25) is 0 Å². The molecular weight excluding hydrogens is 264 g/mol. The number of aryl methyl sites for hydroxylation is 1. The van der Waals surface area contributed by atoms with Crippen LogP contribution in [0.1, 0.15) is 30.7 Å². The highest BCUT2D eigenvalue weighted by Crippen LogP contribution is 2.15. The fourth-order valence-electron chi connectivity index (χ4n) is 1.86. The van der Waals surface area contributed by atoms with Crippen LogP contribution in [-0.2, 0) is 11.3 Å². The number of thiophene rings is 1. The molecule has 1 aromatic heterocycles. The molecule has 0 aliphatic carbocycles. The van der Waals surface area contributed by atoms with Crippen molar-refractivity contribution in [3.8, 4) is 0 Å². The Morgan fingerprint density at radius 1 is 1.53 bits per heavy atom. The van der Waals surface area contributed by atoms with Crippen LogP contribution in [0.25, 0.3) is 0 Å². The van der Waals surface area contributed by atoms with Crippen LogP contribution < -0.4 is 5.32 Å². The highest BCUT2D eigenvalue weighted by atomic mass is 32.1. The Morgan fingerprint density at radius 3 is 2.68 bits per heavy atom. The van der Waals surface area contributed by atoms with E-state index in [9.17, 15) is 9.59 Å². The minimum Gasteiger partial charge on any atom is -0.481 e. The van der Waals surface area contributed by atoms with Crippen molar-refractivity contribution in [3.63, 3.8) is 0 Å². The van der Waals surface area contributed by atoms with Gasteiger partial charge in [0.25, 0.3) is 0 Å². The summed E-state index contributed by atoms with van der Waals surface area (Å²) in [6.45, 7) is 6.56. The second kappa shape index (κ2) is 7.13. The molecule has 19 heavy (non-hydrogen) atoms. The average Bonchev–Trinajstić information content (AvgIpc) is 2.72. The summed E-state index contributed by atoms with van der Waals surface area (Å²) >= 11 is 1.60. The summed E-state index contributed by atoms with van der Waals surface area (Å²) in [4.78, 5) is 25.4. The summed E-state index contributed by atoms with van der Waals surface area (Å²) in [7, 11) is 0. The summed E-state index contributed by atoms with van der Waals surface area (Å²) in [5.74, 6) is -0.896. The number of amides is 2. The average molecular weight is 284 g/mol. The van der Waals surface area contributed by atoms with Gasteiger partial charge < -0.3 is 15.3 Å². The Hall–Kier alpha value is -1.56. The molecule has 1 rings (SSSR count). The molecule has 106 valence electrons. The van der Waals surface area contributed by atoms with E-state index < -0.39 is 5.97 Å². The molecule has 0 aliphatic heterocycles. The second-order valence-electron chi connectivity index (χ2n) is 4.42. The molecule has 1 heterocycles. The third-order valence-electron chi connectivity index (χ3n) is 2.97. The Bertz CT molecular complexity index is 445. The number of urea groups is 1. The number of carbonyl (C=O) groups is 2. The van der Waals surface area contributed by atoms with Gasteiger partial charge in [-0.2, -0.15) is 0 Å². The number of aliphatic carboxylic acids is 1. The molecule has 2 N–H and O–H groups in total. The number of nitrogens with one attached hydrogen (secondary N) is 1. The Labute approximate surface area is 117 Å². The number of rotatable bonds is 6. The molecule has 0 fully saturated rings. The number of carboxylic acids is 1. The molecule has 0 aromatic carbocycles. The van der Waals surface area contributed by atoms with Crippen molar-refractivity contribution in [2.45, 2.75) is 39.8 Å². The molecule has 0 radical (unpaired) electrons. The number of nitrogens with zero attached hydrogens (tertiary/aromatic N) is 1. The molecule has 0 saturated heterocycles. The largest absolute Gasteiger partial charge is 0.481 e. The first-order valence-corrected chi connectivity index (χ1v) is 7.12. The molecule has 0 saturated carbocycles. The SMILES string of the molecule is CCN(C(=O)NCc1sccc1C)C(C)CC(=O)O. The number of hydrogen-bond acceptors (Lipinski definition) is 3. The number of carboxylic acid groups (broad SMARTS) is 1. The van der Waals surface area contributed by atoms with E-state index in [1.165, 1.54) is 4.90 Å². The van der Waals surface area contributed by atoms with Crippen molar-refractivity contribution >= 4 is 23.3 Å². The Balaban J connectivity index is 2.54. The van der Waals surface area contributed by atoms with Crippen molar-refractivity contribution in [3.05, 3.63) is 21.9 Å². The Morgan fingerprint density at radius 2 is 2.21 bits per heavy atom. The van der Waals surface area contributed by atoms with Crippen LogP contribution in [0.5, 0.6) is 0 Å². The van der Waals surface area contributed by atoms with Crippen LogP contribution in [0.15, 0.2) is 11.4 Å². The predicted molar refractivity (Wildman–Crippen MR) is 75.4 cm³/mol. The van der Waals surface area contributed by atoms with Gasteiger partial charge in [0, 0.05) is 17.5 Å². The van der Waals surface area contributed by atoms with Gasteiger partial charge in [0.15, 0.2) is 0 Å². The van der Waals surface area contributed by atoms with Gasteiger partial charge >= 0.3 is 12.0 Å². The van der Waals surface area contributed by atoms with Gasteiger partial charge in [-0.3, -0.25) is 4.79 Å². The highest BCUT2D eigenvalue weighted by Gasteiger charge is 2.20. The quantitative estimate of drug-likeness (QED) is 0.843. The smallest absolute Gasteiger partial charge is 0.317 e. The summed E-state index contributed by atoms with van der Waals surface area (Å²) in [6, 6.07) is 1.48. The van der Waals surface area contributed by atoms with Crippen LogP contribution in [0.3, 0.4) is 0 Å². The molecule has 6 heteroatoms. The van der Waals surface area contributed by atoms with Crippen molar-refractivity contribution in [2.75, 3.05) is 6.54 Å². The lowest BCUT2D eigenvalue weighted by Gasteiger charge is -2.27. The van der Waals surface area contributed by atoms with Crippen LogP contribution in [0, 0.1) is 6.92 Å². The normalized spacial score (nSPS) is 11.9. The van der Waals surface area contributed by atoms with E-state index in [1.807, 2.05) is 25.3 Å². The van der Waals surface area contributed by atoms with Crippen LogP contribution in [-0.4, -0.2) is 34.6 Å². The minimum atomic E-state index is -0.896. The molecular formula is C13H20N2O3S. The van der Waals surface area contributed by atoms with E-state index in [0.29, 0.717) is 13.1 Å². The van der Waals surface area contributed by atoms with Crippen molar-refractivity contribution < 1.29 is 14.7 Å². The van der Waals surface area contributed by atoms with E-state index in [0.717, 1.165) is 10.4 Å². The van der Waals surface area contributed by atoms with E-state index in [1.54, 1.807) is 18.3 Å². The minimum absolute atomic E-state index is 0.0424. The van der Waals surface area contributed by atoms with Crippen molar-refractivity contribution in [2.24, 2.45) is 0 Å². The van der Waals surface area contributed by atoms with E-state index in [-0.39, 0.29) is 18.5 Å². The topological polar surface area (TPSA) is 69.6 Å². The maximum absolute atomic E-state index is 12.0. The Kier molecular flexibility index (Phi) is 5.82. The van der Waals surface area contributed by atoms with Crippen molar-refractivity contribution in [1.29, 1.82) is 0 Å². The molecule has 5 nitrogen and oxygen atoms in total. The number of hydrogen-bond donors (Lipinski definition) is 2. The van der Waals surface area contributed by atoms with E-state index in [2.05, 4.69) is 5.32 Å². The van der Waals surface area contributed by atoms with E-state index in [4.69, 9.17) is 5.11 Å². The first-order valence-electron chi connectivity index (χ1n) is 6.25. The molecule has 0 spiro atoms. The van der Waals surface area contributed by atoms with Gasteiger partial charge in [0.1, 0.15) is 0 Å². The second-order valence-corrected chi connectivity index (χ2v) is 5.42.